The van der Waals surface area contributed by atoms with Crippen LogP contribution in [0.4, 0.5) is 0 Å². The van der Waals surface area contributed by atoms with Gasteiger partial charge in [0.1, 0.15) is 0 Å². The summed E-state index contributed by atoms with van der Waals surface area (Å²) in [5, 5.41) is 7.65. The van der Waals surface area contributed by atoms with Crippen molar-refractivity contribution in [1.29, 1.82) is 0 Å². The predicted molar refractivity (Wildman–Crippen MR) is 23.4 cm³/mol. The SMILES string of the molecule is O=C(O)C=[PH2+]. The van der Waals surface area contributed by atoms with Crippen molar-refractivity contribution >= 4 is 20.6 Å². The van der Waals surface area contributed by atoms with E-state index in [-0.39, 0.29) is 0 Å². The zero-order valence-electron chi connectivity index (χ0n) is 2.51. The van der Waals surface area contributed by atoms with Gasteiger partial charge in [-0.15, -0.1) is 0 Å². The fourth-order valence-electron chi connectivity index (χ4n) is 0. The van der Waals surface area contributed by atoms with Crippen molar-refractivity contribution in [2.75, 3.05) is 0 Å². The Balaban J connectivity index is 3.20. The first-order valence-electron chi connectivity index (χ1n) is 1.05. The molecule has 0 aromatic heterocycles. The Labute approximate surface area is 31.6 Å². The summed E-state index contributed by atoms with van der Waals surface area (Å²) in [4.78, 5) is 9.29. The van der Waals surface area contributed by atoms with E-state index in [1.165, 1.54) is 0 Å². The van der Waals surface area contributed by atoms with E-state index < -0.39 is 5.97 Å². The van der Waals surface area contributed by atoms with Gasteiger partial charge in [-0.25, -0.2) is 4.79 Å². The van der Waals surface area contributed by atoms with Crippen LogP contribution in [0.5, 0.6) is 0 Å². The second kappa shape index (κ2) is 1.91. The highest BCUT2D eigenvalue weighted by Gasteiger charge is 1.81. The van der Waals surface area contributed by atoms with Crippen LogP contribution in [0.2, 0.25) is 0 Å². The van der Waals surface area contributed by atoms with Gasteiger partial charge in [-0.2, -0.15) is 0 Å². The van der Waals surface area contributed by atoms with E-state index in [4.69, 9.17) is 5.11 Å². The number of hydrogen-bond acceptors (Lipinski definition) is 1. The topological polar surface area (TPSA) is 37.3 Å². The van der Waals surface area contributed by atoms with Crippen molar-refractivity contribution in [3.05, 3.63) is 0 Å². The number of aliphatic carboxylic acids is 1. The van der Waals surface area contributed by atoms with Crippen molar-refractivity contribution < 1.29 is 9.90 Å². The Bertz CT molecular complexity index is 58.7. The molecule has 0 rings (SSSR count). The lowest BCUT2D eigenvalue weighted by molar-refractivity contribution is -0.128. The normalized spacial score (nSPS) is 6.40. The molecule has 0 amide bonds. The van der Waals surface area contributed by atoms with E-state index in [9.17, 15) is 4.79 Å². The Hall–Kier alpha value is -0.360. The van der Waals surface area contributed by atoms with E-state index in [2.05, 4.69) is 0 Å². The number of rotatable bonds is 1. The molecule has 28 valence electrons. The third kappa shape index (κ3) is 3.64. The van der Waals surface area contributed by atoms with E-state index in [1.54, 1.807) is 0 Å². The summed E-state index contributed by atoms with van der Waals surface area (Å²) in [5.41, 5.74) is 0. The monoisotopic (exact) mass is 91.0 g/mol. The number of carbonyl (C=O) groups is 1. The van der Waals surface area contributed by atoms with Crippen molar-refractivity contribution in [3.63, 3.8) is 0 Å². The molecular weight excluding hydrogens is 87.0 g/mol. The minimum Gasteiger partial charge on any atom is -0.475 e. The third-order valence-corrected chi connectivity index (χ3v) is 0.428. The van der Waals surface area contributed by atoms with Crippen LogP contribution in [0.3, 0.4) is 0 Å². The zero-order chi connectivity index (χ0) is 4.28. The van der Waals surface area contributed by atoms with Crippen molar-refractivity contribution in [2.45, 2.75) is 0 Å². The lowest BCUT2D eigenvalue weighted by Gasteiger charge is -1.58. The van der Waals surface area contributed by atoms with Gasteiger partial charge in [0, 0.05) is 0 Å². The first kappa shape index (κ1) is 4.64. The van der Waals surface area contributed by atoms with Crippen LogP contribution >= 0.6 is 8.86 Å². The molecule has 0 saturated carbocycles. The molecule has 0 heterocycles. The van der Waals surface area contributed by atoms with Gasteiger partial charge in [-0.3, -0.25) is 0 Å². The van der Waals surface area contributed by atoms with E-state index in [0.717, 1.165) is 5.80 Å². The number of carboxylic acid groups (broad SMARTS) is 1. The van der Waals surface area contributed by atoms with Gasteiger partial charge >= 0.3 is 5.97 Å². The van der Waals surface area contributed by atoms with Crippen LogP contribution in [0.25, 0.3) is 0 Å². The molecule has 0 aliphatic heterocycles. The molecule has 1 atom stereocenters. The Morgan fingerprint density at radius 1 is 2.00 bits per heavy atom. The smallest absolute Gasteiger partial charge is 0.370 e. The van der Waals surface area contributed by atoms with Gasteiger partial charge < -0.3 is 5.11 Å². The first-order chi connectivity index (χ1) is 2.27. The summed E-state index contributed by atoms with van der Waals surface area (Å²) in [6, 6.07) is 0. The molecule has 1 unspecified atom stereocenters. The minimum atomic E-state index is -0.907. The lowest BCUT2D eigenvalue weighted by atomic mass is 10.8. The average molecular weight is 91.0 g/mol. The van der Waals surface area contributed by atoms with Crippen LogP contribution < -0.4 is 0 Å². The molecule has 5 heavy (non-hydrogen) atoms. The molecule has 1 N–H and O–H groups in total. The summed E-state index contributed by atoms with van der Waals surface area (Å²) < 4.78 is 0. The maximum atomic E-state index is 9.29. The van der Waals surface area contributed by atoms with Gasteiger partial charge in [0.05, 0.1) is 8.86 Å². The van der Waals surface area contributed by atoms with E-state index >= 15 is 0 Å². The predicted octanol–water partition coefficient (Wildman–Crippen LogP) is -0.252. The maximum absolute atomic E-state index is 9.29. The largest absolute Gasteiger partial charge is 0.475 e. The Morgan fingerprint density at radius 3 is 2.20 bits per heavy atom. The van der Waals surface area contributed by atoms with Gasteiger partial charge in [0.15, 0.2) is 5.80 Å². The van der Waals surface area contributed by atoms with Gasteiger partial charge in [0.25, 0.3) is 0 Å². The highest BCUT2D eigenvalue weighted by molar-refractivity contribution is 7.21. The molecule has 0 aromatic carbocycles. The highest BCUT2D eigenvalue weighted by atomic mass is 31.0. The molecule has 0 fully saturated rings. The van der Waals surface area contributed by atoms with Gasteiger partial charge in [-0.05, 0) is 0 Å². The van der Waals surface area contributed by atoms with E-state index in [1.807, 2.05) is 8.86 Å². The van der Waals surface area contributed by atoms with Crippen molar-refractivity contribution in [1.82, 2.24) is 0 Å². The standard InChI is InChI=1S/C2H3O2P/c3-2(4)1-5/h1,5H,(H,3,4)/p+1. The summed E-state index contributed by atoms with van der Waals surface area (Å²) in [6.45, 7) is 0. The van der Waals surface area contributed by atoms with E-state index in [0.29, 0.717) is 0 Å². The molecular formula is C2H4O2P+. The summed E-state index contributed by atoms with van der Waals surface area (Å²) >= 11 is 0. The summed E-state index contributed by atoms with van der Waals surface area (Å²) in [6.07, 6.45) is 0. The Morgan fingerprint density at radius 2 is 2.20 bits per heavy atom. The van der Waals surface area contributed by atoms with Gasteiger partial charge in [-0.1, -0.05) is 0 Å². The first-order valence-corrected chi connectivity index (χ1v) is 1.72. The second-order valence-corrected chi connectivity index (χ2v) is 0.838. The van der Waals surface area contributed by atoms with Gasteiger partial charge in [0.2, 0.25) is 0 Å². The molecule has 3 heteroatoms. The summed E-state index contributed by atoms with van der Waals surface area (Å²) in [5.74, 6) is 0.0926. The molecule has 0 radical (unpaired) electrons. The molecule has 0 saturated heterocycles. The fraction of sp³-hybridized carbons (Fsp3) is 0. The van der Waals surface area contributed by atoms with Crippen LogP contribution in [-0.2, 0) is 4.79 Å². The van der Waals surface area contributed by atoms with Crippen LogP contribution in [-0.4, -0.2) is 16.9 Å². The molecule has 0 bridgehead atoms. The van der Waals surface area contributed by atoms with Crippen LogP contribution in [0, 0.1) is 0 Å². The molecule has 0 spiro atoms. The highest BCUT2D eigenvalue weighted by Crippen LogP contribution is 1.53. The van der Waals surface area contributed by atoms with Crippen LogP contribution in [0.1, 0.15) is 0 Å². The minimum absolute atomic E-state index is 0.907. The maximum Gasteiger partial charge on any atom is 0.370 e. The molecule has 0 aromatic rings. The quantitative estimate of drug-likeness (QED) is 0.452. The van der Waals surface area contributed by atoms with Crippen molar-refractivity contribution in [2.24, 2.45) is 0 Å². The lowest BCUT2D eigenvalue weighted by Crippen LogP contribution is -1.89. The third-order valence-electron chi connectivity index (χ3n) is 0.143. The van der Waals surface area contributed by atoms with Crippen LogP contribution in [0.15, 0.2) is 0 Å². The molecule has 0 aliphatic carbocycles. The number of carboxylic acids is 1. The average Bonchev–Trinajstić information content (AvgIpc) is 1.38. The fourth-order valence-corrected chi connectivity index (χ4v) is 0. The second-order valence-electron chi connectivity index (χ2n) is 0.505. The molecule has 2 nitrogen and oxygen atoms in total. The Kier molecular flexibility index (Phi) is 1.78. The summed E-state index contributed by atoms with van der Waals surface area (Å²) in [7, 11) is 1.97. The number of hydrogen-bond donors (Lipinski definition) is 1. The van der Waals surface area contributed by atoms with Crippen molar-refractivity contribution in [3.8, 4) is 0 Å². The molecule has 0 aliphatic rings. The zero-order valence-corrected chi connectivity index (χ0v) is 3.66.